The van der Waals surface area contributed by atoms with Crippen LogP contribution in [0.5, 0.6) is 0 Å². The topological polar surface area (TPSA) is 39.1 Å². The van der Waals surface area contributed by atoms with Gasteiger partial charge in [-0.3, -0.25) is 4.68 Å². The van der Waals surface area contributed by atoms with E-state index in [1.165, 1.54) is 5.69 Å². The first kappa shape index (κ1) is 12.2. The van der Waals surface area contributed by atoms with Gasteiger partial charge in [-0.1, -0.05) is 0 Å². The smallest absolute Gasteiger partial charge is 0.0597 e. The molecule has 0 aliphatic heterocycles. The molecule has 86 valence electrons. The van der Waals surface area contributed by atoms with E-state index in [4.69, 9.17) is 4.74 Å². The van der Waals surface area contributed by atoms with Gasteiger partial charge in [0.1, 0.15) is 0 Å². The van der Waals surface area contributed by atoms with E-state index < -0.39 is 0 Å². The minimum absolute atomic E-state index is 0.819. The minimum Gasteiger partial charge on any atom is -0.385 e. The molecule has 1 rings (SSSR count). The number of aryl methyl sites for hydroxylation is 2. The molecule has 0 atom stereocenters. The van der Waals surface area contributed by atoms with Crippen LogP contribution in [-0.2, 0) is 17.8 Å². The van der Waals surface area contributed by atoms with Crippen LogP contribution in [0.15, 0.2) is 6.07 Å². The van der Waals surface area contributed by atoms with Crippen LogP contribution in [0.3, 0.4) is 0 Å². The normalized spacial score (nSPS) is 10.9. The first-order valence-electron chi connectivity index (χ1n) is 5.51. The van der Waals surface area contributed by atoms with Gasteiger partial charge < -0.3 is 10.1 Å². The first-order valence-corrected chi connectivity index (χ1v) is 5.51. The third-order valence-electron chi connectivity index (χ3n) is 2.29. The van der Waals surface area contributed by atoms with Crippen molar-refractivity contribution in [3.63, 3.8) is 0 Å². The molecule has 0 unspecified atom stereocenters. The Hall–Kier alpha value is -0.870. The van der Waals surface area contributed by atoms with Gasteiger partial charge in [0, 0.05) is 26.8 Å². The Kier molecular flexibility index (Phi) is 5.36. The molecule has 0 spiro atoms. The summed E-state index contributed by atoms with van der Waals surface area (Å²) in [6, 6.07) is 2.13. The Bertz CT molecular complexity index is 283. The lowest BCUT2D eigenvalue weighted by atomic mass is 10.3. The number of methoxy groups -OCH3 is 1. The maximum absolute atomic E-state index is 4.99. The Labute approximate surface area is 91.6 Å². The highest BCUT2D eigenvalue weighted by atomic mass is 16.5. The van der Waals surface area contributed by atoms with Crippen LogP contribution in [0.25, 0.3) is 0 Å². The molecule has 0 aliphatic rings. The summed E-state index contributed by atoms with van der Waals surface area (Å²) >= 11 is 0. The number of rotatable bonds is 7. The second-order valence-electron chi connectivity index (χ2n) is 3.62. The molecule has 0 fully saturated rings. The largest absolute Gasteiger partial charge is 0.385 e. The van der Waals surface area contributed by atoms with Gasteiger partial charge in [-0.15, -0.1) is 0 Å². The average Bonchev–Trinajstić information content (AvgIpc) is 2.59. The summed E-state index contributed by atoms with van der Waals surface area (Å²) in [6.07, 6.45) is 1.05. The minimum atomic E-state index is 0.819. The van der Waals surface area contributed by atoms with E-state index in [1.807, 2.05) is 11.6 Å². The molecule has 0 aromatic carbocycles. The lowest BCUT2D eigenvalue weighted by Crippen LogP contribution is -2.18. The standard InChI is InChI=1S/C11H21N3O/c1-4-14-11(8-10(2)13-14)9-12-6-5-7-15-3/h8,12H,4-7,9H2,1-3H3. The number of aromatic nitrogens is 2. The second-order valence-corrected chi connectivity index (χ2v) is 3.62. The van der Waals surface area contributed by atoms with E-state index in [9.17, 15) is 0 Å². The average molecular weight is 211 g/mol. The van der Waals surface area contributed by atoms with Crippen molar-refractivity contribution >= 4 is 0 Å². The third kappa shape index (κ3) is 4.01. The zero-order valence-corrected chi connectivity index (χ0v) is 9.92. The monoisotopic (exact) mass is 211 g/mol. The van der Waals surface area contributed by atoms with E-state index in [-0.39, 0.29) is 0 Å². The molecule has 4 nitrogen and oxygen atoms in total. The van der Waals surface area contributed by atoms with Gasteiger partial charge >= 0.3 is 0 Å². The molecule has 0 saturated carbocycles. The molecule has 0 saturated heterocycles. The van der Waals surface area contributed by atoms with Gasteiger partial charge in [-0.2, -0.15) is 5.10 Å². The van der Waals surface area contributed by atoms with Crippen LogP contribution in [-0.4, -0.2) is 30.0 Å². The Morgan fingerprint density at radius 2 is 2.33 bits per heavy atom. The predicted molar refractivity (Wildman–Crippen MR) is 60.8 cm³/mol. The summed E-state index contributed by atoms with van der Waals surface area (Å²) in [5.41, 5.74) is 2.35. The maximum atomic E-state index is 4.99. The Morgan fingerprint density at radius 1 is 1.53 bits per heavy atom. The lowest BCUT2D eigenvalue weighted by Gasteiger charge is -2.06. The number of hydrogen-bond acceptors (Lipinski definition) is 3. The van der Waals surface area contributed by atoms with Crippen molar-refractivity contribution < 1.29 is 4.74 Å². The van der Waals surface area contributed by atoms with E-state index in [2.05, 4.69) is 23.4 Å². The van der Waals surface area contributed by atoms with Crippen LogP contribution in [0.1, 0.15) is 24.7 Å². The van der Waals surface area contributed by atoms with Gasteiger partial charge in [-0.05, 0) is 32.9 Å². The zero-order valence-electron chi connectivity index (χ0n) is 9.92. The molecular formula is C11H21N3O. The molecule has 4 heteroatoms. The third-order valence-corrected chi connectivity index (χ3v) is 2.29. The van der Waals surface area contributed by atoms with E-state index in [1.54, 1.807) is 7.11 Å². The number of nitrogens with zero attached hydrogens (tertiary/aromatic N) is 2. The summed E-state index contributed by atoms with van der Waals surface area (Å²) in [7, 11) is 1.73. The van der Waals surface area contributed by atoms with Gasteiger partial charge in [0.25, 0.3) is 0 Å². The van der Waals surface area contributed by atoms with Crippen molar-refractivity contribution in [2.75, 3.05) is 20.3 Å². The summed E-state index contributed by atoms with van der Waals surface area (Å²) in [5, 5.41) is 7.78. The highest BCUT2D eigenvalue weighted by Crippen LogP contribution is 2.02. The number of nitrogens with one attached hydrogen (secondary N) is 1. The lowest BCUT2D eigenvalue weighted by molar-refractivity contribution is 0.194. The Balaban J connectivity index is 2.30. The molecule has 1 N–H and O–H groups in total. The first-order chi connectivity index (χ1) is 7.27. The van der Waals surface area contributed by atoms with Crippen molar-refractivity contribution in [1.29, 1.82) is 0 Å². The molecule has 0 amide bonds. The van der Waals surface area contributed by atoms with Gasteiger partial charge in [0.05, 0.1) is 11.4 Å². The van der Waals surface area contributed by atoms with Crippen molar-refractivity contribution in [3.05, 3.63) is 17.5 Å². The van der Waals surface area contributed by atoms with Crippen LogP contribution in [0, 0.1) is 6.92 Å². The van der Waals surface area contributed by atoms with Crippen LogP contribution >= 0.6 is 0 Å². The van der Waals surface area contributed by atoms with E-state index >= 15 is 0 Å². The van der Waals surface area contributed by atoms with Crippen LogP contribution in [0.2, 0.25) is 0 Å². The van der Waals surface area contributed by atoms with E-state index in [0.717, 1.165) is 38.4 Å². The predicted octanol–water partition coefficient (Wildman–Crippen LogP) is 1.34. The second kappa shape index (κ2) is 6.58. The highest BCUT2D eigenvalue weighted by molar-refractivity contribution is 5.08. The van der Waals surface area contributed by atoms with Gasteiger partial charge in [-0.25, -0.2) is 0 Å². The summed E-state index contributed by atoms with van der Waals surface area (Å²) in [4.78, 5) is 0. The molecule has 0 aliphatic carbocycles. The molecule has 0 radical (unpaired) electrons. The van der Waals surface area contributed by atoms with Gasteiger partial charge in [0.2, 0.25) is 0 Å². The fraction of sp³-hybridized carbons (Fsp3) is 0.727. The van der Waals surface area contributed by atoms with Crippen LogP contribution in [0.4, 0.5) is 0 Å². The number of hydrogen-bond donors (Lipinski definition) is 1. The maximum Gasteiger partial charge on any atom is 0.0597 e. The molecule has 1 aromatic rings. The van der Waals surface area contributed by atoms with Crippen molar-refractivity contribution in [3.8, 4) is 0 Å². The molecule has 0 bridgehead atoms. The van der Waals surface area contributed by atoms with E-state index in [0.29, 0.717) is 0 Å². The number of ether oxygens (including phenoxy) is 1. The molecule has 15 heavy (non-hydrogen) atoms. The van der Waals surface area contributed by atoms with Gasteiger partial charge in [0.15, 0.2) is 0 Å². The van der Waals surface area contributed by atoms with Crippen molar-refractivity contribution in [2.24, 2.45) is 0 Å². The molecular weight excluding hydrogens is 190 g/mol. The molecule has 1 heterocycles. The van der Waals surface area contributed by atoms with Crippen molar-refractivity contribution in [1.82, 2.24) is 15.1 Å². The SMILES string of the molecule is CCn1nc(C)cc1CNCCCOC. The highest BCUT2D eigenvalue weighted by Gasteiger charge is 2.02. The van der Waals surface area contributed by atoms with Crippen LogP contribution < -0.4 is 5.32 Å². The molecule has 1 aromatic heterocycles. The summed E-state index contributed by atoms with van der Waals surface area (Å²) < 4.78 is 7.03. The quantitative estimate of drug-likeness (QED) is 0.692. The summed E-state index contributed by atoms with van der Waals surface area (Å²) in [5.74, 6) is 0. The Morgan fingerprint density at radius 3 is 3.00 bits per heavy atom. The fourth-order valence-electron chi connectivity index (χ4n) is 1.57. The zero-order chi connectivity index (χ0) is 11.1. The summed E-state index contributed by atoms with van der Waals surface area (Å²) in [6.45, 7) is 7.77. The van der Waals surface area contributed by atoms with Crippen molar-refractivity contribution in [2.45, 2.75) is 33.4 Å². The fourth-order valence-corrected chi connectivity index (χ4v) is 1.57.